The Morgan fingerprint density at radius 3 is 1.33 bits per heavy atom. The van der Waals surface area contributed by atoms with E-state index in [-0.39, 0.29) is 0 Å². The van der Waals surface area contributed by atoms with Crippen molar-refractivity contribution in [2.75, 3.05) is 14.2 Å². The molecule has 5 nitrogen and oxygen atoms in total. The Kier molecular flexibility index (Phi) is 8.76. The van der Waals surface area contributed by atoms with Gasteiger partial charge in [-0.05, 0) is 51.2 Å². The maximum atomic E-state index is 6.17. The molecule has 124 valence electrons. The summed E-state index contributed by atoms with van der Waals surface area (Å²) in [5.41, 5.74) is 0. The van der Waals surface area contributed by atoms with Gasteiger partial charge in [0, 0.05) is 0 Å². The first-order chi connectivity index (χ1) is 9.69. The average molecular weight is 335 g/mol. The van der Waals surface area contributed by atoms with E-state index in [1.807, 2.05) is 52.2 Å². The highest BCUT2D eigenvalue weighted by molar-refractivity contribution is 6.78. The molecular weight excluding hydrogens is 304 g/mol. The van der Waals surface area contributed by atoms with Crippen LogP contribution in [-0.2, 0) is 22.4 Å². The third kappa shape index (κ3) is 8.84. The molecule has 21 heavy (non-hydrogen) atoms. The largest absolute Gasteiger partial charge is 0.495 e. The van der Waals surface area contributed by atoms with Gasteiger partial charge in [-0.15, -0.1) is 0 Å². The summed E-state index contributed by atoms with van der Waals surface area (Å²) in [7, 11) is -1.61. The molecule has 7 heteroatoms. The van der Waals surface area contributed by atoms with Crippen molar-refractivity contribution in [3.63, 3.8) is 0 Å². The van der Waals surface area contributed by atoms with Crippen molar-refractivity contribution in [1.82, 2.24) is 0 Å². The molecule has 0 N–H and O–H groups in total. The van der Waals surface area contributed by atoms with Gasteiger partial charge in [0.05, 0.1) is 14.2 Å². The minimum atomic E-state index is -2.40. The van der Waals surface area contributed by atoms with E-state index in [2.05, 4.69) is 0 Å². The van der Waals surface area contributed by atoms with E-state index in [0.29, 0.717) is 11.9 Å². The van der Waals surface area contributed by atoms with E-state index in [1.165, 1.54) is 0 Å². The van der Waals surface area contributed by atoms with Gasteiger partial charge < -0.3 is 22.4 Å². The second kappa shape index (κ2) is 9.16. The summed E-state index contributed by atoms with van der Waals surface area (Å²) in [6.07, 6.45) is 5.48. The van der Waals surface area contributed by atoms with Gasteiger partial charge in [-0.2, -0.15) is 0 Å². The van der Waals surface area contributed by atoms with Gasteiger partial charge in [0.1, 0.15) is 0 Å². The number of hydrogen-bond donors (Lipinski definition) is 0. The first-order valence-corrected chi connectivity index (χ1v) is 12.9. The van der Waals surface area contributed by atoms with Crippen molar-refractivity contribution >= 4 is 17.1 Å². The Bertz CT molecular complexity index is 330. The molecule has 0 aromatic carbocycles. The van der Waals surface area contributed by atoms with E-state index in [1.54, 1.807) is 14.2 Å². The van der Waals surface area contributed by atoms with Crippen molar-refractivity contribution in [3.8, 4) is 0 Å². The Balaban J connectivity index is 4.81. The molecular formula is C14H30O5Si2. The summed E-state index contributed by atoms with van der Waals surface area (Å²) in [6, 6.07) is 0. The summed E-state index contributed by atoms with van der Waals surface area (Å²) >= 11 is 0. The summed E-state index contributed by atoms with van der Waals surface area (Å²) < 4.78 is 28.4. The van der Waals surface area contributed by atoms with E-state index < -0.39 is 17.1 Å². The van der Waals surface area contributed by atoms with E-state index in [4.69, 9.17) is 22.4 Å². The van der Waals surface area contributed by atoms with E-state index in [0.717, 1.165) is 12.8 Å². The van der Waals surface area contributed by atoms with Gasteiger partial charge in [-0.3, -0.25) is 0 Å². The quantitative estimate of drug-likeness (QED) is 0.442. The predicted molar refractivity (Wildman–Crippen MR) is 89.0 cm³/mol. The van der Waals surface area contributed by atoms with Gasteiger partial charge in [0.2, 0.25) is 0 Å². The molecule has 0 atom stereocenters. The van der Waals surface area contributed by atoms with Crippen LogP contribution in [0.3, 0.4) is 0 Å². The number of allylic oxidation sites excluding steroid dienone is 2. The number of ether oxygens (including phenoxy) is 2. The molecule has 0 saturated heterocycles. The molecule has 0 aliphatic carbocycles. The monoisotopic (exact) mass is 334 g/mol. The Morgan fingerprint density at radius 1 is 0.762 bits per heavy atom. The van der Waals surface area contributed by atoms with Gasteiger partial charge >= 0.3 is 17.1 Å². The van der Waals surface area contributed by atoms with Crippen molar-refractivity contribution in [1.29, 1.82) is 0 Å². The molecule has 0 bridgehead atoms. The fourth-order valence-electron chi connectivity index (χ4n) is 1.78. The molecule has 0 radical (unpaired) electrons. The van der Waals surface area contributed by atoms with Crippen LogP contribution >= 0.6 is 0 Å². The average Bonchev–Trinajstić information content (AvgIpc) is 2.35. The highest BCUT2D eigenvalue weighted by Crippen LogP contribution is 2.22. The molecule has 0 aliphatic heterocycles. The minimum Gasteiger partial charge on any atom is -0.495 e. The summed E-state index contributed by atoms with van der Waals surface area (Å²) in [5.74, 6) is 1.02. The van der Waals surface area contributed by atoms with Crippen molar-refractivity contribution < 1.29 is 22.4 Å². The van der Waals surface area contributed by atoms with Crippen LogP contribution in [0, 0.1) is 0 Å². The molecule has 0 rings (SSSR count). The normalized spacial score (nSPS) is 13.9. The van der Waals surface area contributed by atoms with E-state index in [9.17, 15) is 0 Å². The standard InChI is InChI=1S/C14H30O5Si2/c1-9-11-13(15-3)17-20(5,6)19-21(7,8)18-14(16-4)12-10-2/h11-12H,9-10H2,1-8H3. The fraction of sp³-hybridized carbons (Fsp3) is 0.714. The van der Waals surface area contributed by atoms with Crippen LogP contribution in [0.5, 0.6) is 0 Å². The van der Waals surface area contributed by atoms with Crippen LogP contribution in [0.1, 0.15) is 26.7 Å². The van der Waals surface area contributed by atoms with Crippen molar-refractivity contribution in [2.24, 2.45) is 0 Å². The first kappa shape index (κ1) is 20.1. The van der Waals surface area contributed by atoms with Gasteiger partial charge in [0.15, 0.2) is 0 Å². The lowest BCUT2D eigenvalue weighted by atomic mass is 10.5. The molecule has 0 amide bonds. The maximum absolute atomic E-state index is 6.17. The van der Waals surface area contributed by atoms with E-state index >= 15 is 0 Å². The molecule has 0 saturated carbocycles. The summed E-state index contributed by atoms with van der Waals surface area (Å²) in [6.45, 7) is 12.0. The molecule has 0 unspecified atom stereocenters. The second-order valence-corrected chi connectivity index (χ2v) is 12.2. The smallest absolute Gasteiger partial charge is 0.387 e. The van der Waals surface area contributed by atoms with Crippen LogP contribution in [-0.4, -0.2) is 31.3 Å². The molecule has 0 spiro atoms. The zero-order valence-corrected chi connectivity index (χ0v) is 16.6. The second-order valence-electron chi connectivity index (χ2n) is 5.38. The highest BCUT2D eigenvalue weighted by Gasteiger charge is 2.40. The zero-order chi connectivity index (χ0) is 16.5. The third-order valence-electron chi connectivity index (χ3n) is 2.33. The number of rotatable bonds is 10. The van der Waals surface area contributed by atoms with Crippen LogP contribution < -0.4 is 0 Å². The molecule has 0 aromatic heterocycles. The van der Waals surface area contributed by atoms with Crippen LogP contribution in [0.25, 0.3) is 0 Å². The Morgan fingerprint density at radius 2 is 1.10 bits per heavy atom. The summed E-state index contributed by atoms with van der Waals surface area (Å²) in [4.78, 5) is 0. The van der Waals surface area contributed by atoms with Crippen LogP contribution in [0.4, 0.5) is 0 Å². The fourth-order valence-corrected chi connectivity index (χ4v) is 8.16. The zero-order valence-electron chi connectivity index (χ0n) is 14.6. The molecule has 0 aliphatic rings. The summed E-state index contributed by atoms with van der Waals surface area (Å²) in [5, 5.41) is 0. The third-order valence-corrected chi connectivity index (χ3v) is 7.65. The van der Waals surface area contributed by atoms with Gasteiger partial charge in [-0.1, -0.05) is 13.8 Å². The minimum absolute atomic E-state index is 0.509. The topological polar surface area (TPSA) is 46.2 Å². The SMILES string of the molecule is CCC=C(OC)O[Si](C)(C)O[Si](C)(C)OC(=CCC)OC. The molecule has 0 heterocycles. The Hall–Kier alpha value is -0.926. The number of methoxy groups -OCH3 is 2. The van der Waals surface area contributed by atoms with Crippen LogP contribution in [0.2, 0.25) is 26.2 Å². The highest BCUT2D eigenvalue weighted by atomic mass is 28.5. The molecule has 0 fully saturated rings. The van der Waals surface area contributed by atoms with Gasteiger partial charge in [-0.25, -0.2) is 0 Å². The predicted octanol–water partition coefficient (Wildman–Crippen LogP) is 4.24. The lowest BCUT2D eigenvalue weighted by Gasteiger charge is -2.33. The molecule has 0 aromatic rings. The lowest BCUT2D eigenvalue weighted by Crippen LogP contribution is -2.48. The number of hydrogen-bond acceptors (Lipinski definition) is 5. The maximum Gasteiger partial charge on any atom is 0.387 e. The van der Waals surface area contributed by atoms with Crippen molar-refractivity contribution in [3.05, 3.63) is 24.0 Å². The van der Waals surface area contributed by atoms with Gasteiger partial charge in [0.25, 0.3) is 11.9 Å². The lowest BCUT2D eigenvalue weighted by molar-refractivity contribution is 0.105. The van der Waals surface area contributed by atoms with Crippen LogP contribution in [0.15, 0.2) is 24.0 Å². The first-order valence-electron chi connectivity index (χ1n) is 7.26. The Labute approximate surface area is 131 Å². The van der Waals surface area contributed by atoms with Crippen molar-refractivity contribution in [2.45, 2.75) is 52.9 Å².